The van der Waals surface area contributed by atoms with Crippen molar-refractivity contribution in [3.05, 3.63) is 110 Å². The van der Waals surface area contributed by atoms with Crippen LogP contribution in [-0.2, 0) is 25.2 Å². The molecule has 1 aromatic heterocycles. The summed E-state index contributed by atoms with van der Waals surface area (Å²) >= 11 is 0. The number of carbonyl (C=O) groups excluding carboxylic acids is 2. The van der Waals surface area contributed by atoms with E-state index in [1.54, 1.807) is 0 Å². The van der Waals surface area contributed by atoms with Crippen LogP contribution < -0.4 is 0 Å². The van der Waals surface area contributed by atoms with Gasteiger partial charge >= 0.3 is 18.0 Å². The van der Waals surface area contributed by atoms with Gasteiger partial charge in [0.2, 0.25) is 0 Å². The van der Waals surface area contributed by atoms with Crippen molar-refractivity contribution in [2.24, 2.45) is 17.3 Å². The maximum absolute atomic E-state index is 13.1. The molecule has 4 fully saturated rings. The zero-order chi connectivity index (χ0) is 31.5. The minimum Gasteiger partial charge on any atom is -0.461 e. The summed E-state index contributed by atoms with van der Waals surface area (Å²) in [6.45, 7) is 0.510. The van der Waals surface area contributed by atoms with Gasteiger partial charge in [-0.3, -0.25) is 0 Å². The number of rotatable bonds is 7. The largest absolute Gasteiger partial charge is 0.461 e. The fourth-order valence-electron chi connectivity index (χ4n) is 7.68. The van der Waals surface area contributed by atoms with E-state index in [9.17, 15) is 18.4 Å². The third-order valence-corrected chi connectivity index (χ3v) is 11.2. The molecule has 2 atom stereocenters. The van der Waals surface area contributed by atoms with Crippen molar-refractivity contribution in [3.63, 3.8) is 0 Å². The SMILES string of the molecule is CC(F)(F)C(=O)OCC12CC3CC(C1)CC(OC(=O)n1ccnc1)(C3)C2.c1ccc([S+](c2ccccc2)c2ccccc2)cc1. The van der Waals surface area contributed by atoms with Crippen molar-refractivity contribution in [2.45, 2.75) is 71.7 Å². The standard InChI is InChI=1S/C18H22F2N2O4.C18H15S/c1-16(19,20)14(23)25-10-17-5-12-4-13(6-17)8-18(7-12,9-17)26-15(24)22-3-2-21-11-22;1-4-10-16(11-5-1)19(17-12-6-2-7-13-17)18-14-8-3-9-15-18/h2-3,11-13H,4-10H2,1H3;1-15H/q;+1. The minimum absolute atomic E-state index is 0.0146. The Kier molecular flexibility index (Phi) is 8.82. The topological polar surface area (TPSA) is 70.4 Å². The molecule has 0 radical (unpaired) electrons. The molecule has 0 N–H and O–H groups in total. The number of hydrogen-bond acceptors (Lipinski definition) is 5. The number of halogens is 2. The molecule has 4 aliphatic carbocycles. The number of ether oxygens (including phenoxy) is 2. The zero-order valence-corrected chi connectivity index (χ0v) is 26.0. The Morgan fingerprint density at radius 3 is 1.82 bits per heavy atom. The van der Waals surface area contributed by atoms with Gasteiger partial charge in [-0.15, -0.1) is 0 Å². The van der Waals surface area contributed by atoms with Gasteiger partial charge in [-0.2, -0.15) is 8.78 Å². The molecular formula is C36H37F2N2O4S+. The highest BCUT2D eigenvalue weighted by Crippen LogP contribution is 2.63. The van der Waals surface area contributed by atoms with Crippen molar-refractivity contribution in [2.75, 3.05) is 6.61 Å². The predicted octanol–water partition coefficient (Wildman–Crippen LogP) is 8.19. The van der Waals surface area contributed by atoms with E-state index in [4.69, 9.17) is 9.47 Å². The van der Waals surface area contributed by atoms with Crippen molar-refractivity contribution in [3.8, 4) is 0 Å². The van der Waals surface area contributed by atoms with Gasteiger partial charge < -0.3 is 9.47 Å². The second kappa shape index (κ2) is 12.8. The number of esters is 1. The molecule has 0 aliphatic heterocycles. The lowest BCUT2D eigenvalue weighted by Crippen LogP contribution is -2.59. The van der Waals surface area contributed by atoms with Crippen LogP contribution in [0.3, 0.4) is 0 Å². The Morgan fingerprint density at radius 1 is 0.867 bits per heavy atom. The van der Waals surface area contributed by atoms with Crippen molar-refractivity contribution in [1.82, 2.24) is 9.55 Å². The maximum Gasteiger partial charge on any atom is 0.419 e. The number of imidazole rings is 1. The highest BCUT2D eigenvalue weighted by atomic mass is 32.2. The first-order valence-electron chi connectivity index (χ1n) is 15.3. The lowest BCUT2D eigenvalue weighted by atomic mass is 9.48. The van der Waals surface area contributed by atoms with E-state index in [2.05, 4.69) is 96.0 Å². The Balaban J connectivity index is 0.000000167. The normalized spacial score (nSPS) is 24.9. The smallest absolute Gasteiger partial charge is 0.419 e. The van der Waals surface area contributed by atoms with E-state index in [0.29, 0.717) is 25.2 Å². The molecule has 0 spiro atoms. The van der Waals surface area contributed by atoms with E-state index in [-0.39, 0.29) is 22.9 Å². The minimum atomic E-state index is -3.49. The van der Waals surface area contributed by atoms with Crippen molar-refractivity contribution in [1.29, 1.82) is 0 Å². The number of nitrogens with zero attached hydrogens (tertiary/aromatic N) is 2. The number of carbonyl (C=O) groups is 2. The summed E-state index contributed by atoms with van der Waals surface area (Å²) < 4.78 is 38.4. The monoisotopic (exact) mass is 631 g/mol. The van der Waals surface area contributed by atoms with E-state index < -0.39 is 23.6 Å². The molecule has 9 heteroatoms. The molecular weight excluding hydrogens is 594 g/mol. The van der Waals surface area contributed by atoms with Gasteiger partial charge in [-0.05, 0) is 86.8 Å². The summed E-state index contributed by atoms with van der Waals surface area (Å²) in [5.74, 6) is -4.24. The second-order valence-corrected chi connectivity index (χ2v) is 14.7. The van der Waals surface area contributed by atoms with Gasteiger partial charge in [-0.25, -0.2) is 19.1 Å². The van der Waals surface area contributed by atoms with Gasteiger partial charge in [-0.1, -0.05) is 54.6 Å². The fourth-order valence-corrected chi connectivity index (χ4v) is 9.79. The predicted molar refractivity (Wildman–Crippen MR) is 167 cm³/mol. The van der Waals surface area contributed by atoms with Crippen LogP contribution in [0, 0.1) is 17.3 Å². The summed E-state index contributed by atoms with van der Waals surface area (Å²) in [4.78, 5) is 31.9. The molecule has 4 aromatic rings. The second-order valence-electron chi connectivity index (χ2n) is 12.7. The highest BCUT2D eigenvalue weighted by Gasteiger charge is 2.60. The van der Waals surface area contributed by atoms with Crippen LogP contribution >= 0.6 is 0 Å². The van der Waals surface area contributed by atoms with Crippen LogP contribution in [0.15, 0.2) is 124 Å². The third kappa shape index (κ3) is 7.14. The van der Waals surface area contributed by atoms with Crippen molar-refractivity contribution < 1.29 is 27.8 Å². The summed E-state index contributed by atoms with van der Waals surface area (Å²) in [6, 6.07) is 32.2. The van der Waals surface area contributed by atoms with Crippen LogP contribution in [-0.4, -0.2) is 39.7 Å². The molecule has 3 aromatic carbocycles. The molecule has 0 saturated heterocycles. The van der Waals surface area contributed by atoms with Crippen LogP contribution in [0.25, 0.3) is 0 Å². The van der Waals surface area contributed by atoms with Gasteiger partial charge in [0.25, 0.3) is 0 Å². The molecule has 45 heavy (non-hydrogen) atoms. The summed E-state index contributed by atoms with van der Waals surface area (Å²) in [5.41, 5.74) is -0.979. The molecule has 4 saturated carbocycles. The van der Waals surface area contributed by atoms with Crippen LogP contribution in [0.1, 0.15) is 45.4 Å². The van der Waals surface area contributed by atoms with Gasteiger partial charge in [0.15, 0.2) is 14.7 Å². The molecule has 4 bridgehead atoms. The Morgan fingerprint density at radius 2 is 1.38 bits per heavy atom. The maximum atomic E-state index is 13.1. The lowest BCUT2D eigenvalue weighted by molar-refractivity contribution is -0.197. The van der Waals surface area contributed by atoms with Gasteiger partial charge in [0.1, 0.15) is 11.9 Å². The number of benzene rings is 3. The zero-order valence-electron chi connectivity index (χ0n) is 25.2. The average Bonchev–Trinajstić information content (AvgIpc) is 3.57. The molecule has 6 nitrogen and oxygen atoms in total. The first-order chi connectivity index (χ1) is 21.6. The van der Waals surface area contributed by atoms with Crippen LogP contribution in [0.2, 0.25) is 0 Å². The third-order valence-electron chi connectivity index (χ3n) is 8.95. The Bertz CT molecular complexity index is 1470. The Hall–Kier alpha value is -3.98. The van der Waals surface area contributed by atoms with Crippen LogP contribution in [0.4, 0.5) is 13.6 Å². The summed E-state index contributed by atoms with van der Waals surface area (Å²) in [7, 11) is -0.0146. The van der Waals surface area contributed by atoms with E-state index in [0.717, 1.165) is 32.1 Å². The quantitative estimate of drug-likeness (QED) is 0.152. The number of hydrogen-bond donors (Lipinski definition) is 0. The van der Waals surface area contributed by atoms with Crippen LogP contribution in [0.5, 0.6) is 0 Å². The molecule has 4 aliphatic rings. The number of aromatic nitrogens is 2. The first kappa shape index (κ1) is 31.0. The van der Waals surface area contributed by atoms with Gasteiger partial charge in [0, 0.05) is 24.7 Å². The van der Waals surface area contributed by atoms with E-state index in [1.807, 2.05) is 0 Å². The number of alkyl halides is 2. The molecule has 8 rings (SSSR count). The molecule has 2 unspecified atom stereocenters. The van der Waals surface area contributed by atoms with E-state index >= 15 is 0 Å². The van der Waals surface area contributed by atoms with Gasteiger partial charge in [0.05, 0.1) is 17.5 Å². The van der Waals surface area contributed by atoms with Crippen molar-refractivity contribution >= 4 is 23.0 Å². The fraction of sp³-hybridized carbons (Fsp3) is 0.361. The average molecular weight is 632 g/mol. The lowest BCUT2D eigenvalue weighted by Gasteiger charge is -2.60. The Labute approximate surface area is 265 Å². The first-order valence-corrected chi connectivity index (χ1v) is 16.5. The highest BCUT2D eigenvalue weighted by molar-refractivity contribution is 7.97. The summed E-state index contributed by atoms with van der Waals surface area (Å²) in [5, 5.41) is 0. The molecule has 1 heterocycles. The molecule has 0 amide bonds. The molecule has 234 valence electrons. The van der Waals surface area contributed by atoms with E-state index in [1.165, 1.54) is 38.0 Å². The summed E-state index contributed by atoms with van der Waals surface area (Å²) in [6.07, 6.45) is 8.79.